The summed E-state index contributed by atoms with van der Waals surface area (Å²) >= 11 is 5.81. The van der Waals surface area contributed by atoms with Crippen LogP contribution in [0.2, 0.25) is 5.02 Å². The number of nitrogens with two attached hydrogens (primary N) is 1. The standard InChI is InChI=1S/C11H11ClFNO/c12-8-1-2-10-7(5-8)6-11(15-10)9(13)3-4-14/h1-2,5-6,9H,3-4,14H2. The lowest BCUT2D eigenvalue weighted by atomic mass is 10.2. The van der Waals surface area contributed by atoms with Gasteiger partial charge in [-0.3, -0.25) is 0 Å². The number of furan rings is 1. The van der Waals surface area contributed by atoms with E-state index in [1.807, 2.05) is 0 Å². The van der Waals surface area contributed by atoms with Gasteiger partial charge in [-0.25, -0.2) is 4.39 Å². The highest BCUT2D eigenvalue weighted by Crippen LogP contribution is 2.29. The number of hydrogen-bond acceptors (Lipinski definition) is 2. The summed E-state index contributed by atoms with van der Waals surface area (Å²) in [5.41, 5.74) is 5.93. The summed E-state index contributed by atoms with van der Waals surface area (Å²) in [5, 5.41) is 1.43. The Bertz CT molecular complexity index is 469. The fourth-order valence-corrected chi connectivity index (χ4v) is 1.66. The second kappa shape index (κ2) is 4.21. The fourth-order valence-electron chi connectivity index (χ4n) is 1.48. The van der Waals surface area contributed by atoms with Crippen molar-refractivity contribution in [2.24, 2.45) is 5.73 Å². The number of hydrogen-bond donors (Lipinski definition) is 1. The molecule has 0 amide bonds. The highest BCUT2D eigenvalue weighted by molar-refractivity contribution is 6.31. The van der Waals surface area contributed by atoms with Crippen molar-refractivity contribution >= 4 is 22.6 Å². The molecule has 0 bridgehead atoms. The van der Waals surface area contributed by atoms with E-state index >= 15 is 0 Å². The topological polar surface area (TPSA) is 39.2 Å². The molecule has 0 aliphatic carbocycles. The van der Waals surface area contributed by atoms with E-state index in [1.54, 1.807) is 24.3 Å². The summed E-state index contributed by atoms with van der Waals surface area (Å²) in [5.74, 6) is 0.317. The Morgan fingerprint density at radius 3 is 2.93 bits per heavy atom. The van der Waals surface area contributed by atoms with E-state index in [0.29, 0.717) is 22.9 Å². The number of benzene rings is 1. The quantitative estimate of drug-likeness (QED) is 0.872. The maximum absolute atomic E-state index is 13.5. The third-order valence-corrected chi connectivity index (χ3v) is 2.46. The lowest BCUT2D eigenvalue weighted by Gasteiger charge is -2.00. The first-order valence-electron chi connectivity index (χ1n) is 4.74. The first kappa shape index (κ1) is 10.5. The summed E-state index contributed by atoms with van der Waals surface area (Å²) in [7, 11) is 0. The van der Waals surface area contributed by atoms with Crippen molar-refractivity contribution in [3.63, 3.8) is 0 Å². The Labute approximate surface area is 91.8 Å². The Kier molecular flexibility index (Phi) is 2.93. The van der Waals surface area contributed by atoms with Crippen LogP contribution in [0.1, 0.15) is 18.4 Å². The second-order valence-corrected chi connectivity index (χ2v) is 3.81. The lowest BCUT2D eigenvalue weighted by molar-refractivity contribution is 0.280. The minimum absolute atomic E-state index is 0.271. The monoisotopic (exact) mass is 227 g/mol. The van der Waals surface area contributed by atoms with Gasteiger partial charge in [0.1, 0.15) is 11.3 Å². The van der Waals surface area contributed by atoms with E-state index in [2.05, 4.69) is 0 Å². The van der Waals surface area contributed by atoms with E-state index in [0.717, 1.165) is 5.39 Å². The molecule has 4 heteroatoms. The van der Waals surface area contributed by atoms with E-state index in [1.165, 1.54) is 0 Å². The summed E-state index contributed by atoms with van der Waals surface area (Å²) in [4.78, 5) is 0. The van der Waals surface area contributed by atoms with Gasteiger partial charge in [-0.05, 0) is 37.2 Å². The minimum atomic E-state index is -1.14. The van der Waals surface area contributed by atoms with Crippen LogP contribution in [-0.4, -0.2) is 6.54 Å². The van der Waals surface area contributed by atoms with Crippen molar-refractivity contribution in [2.45, 2.75) is 12.6 Å². The van der Waals surface area contributed by atoms with Crippen LogP contribution < -0.4 is 5.73 Å². The SMILES string of the molecule is NCCC(F)c1cc2cc(Cl)ccc2o1. The first-order valence-corrected chi connectivity index (χ1v) is 5.11. The molecule has 2 N–H and O–H groups in total. The normalized spacial score (nSPS) is 13.3. The molecule has 0 saturated carbocycles. The van der Waals surface area contributed by atoms with Crippen molar-refractivity contribution in [1.82, 2.24) is 0 Å². The summed E-state index contributed by atoms with van der Waals surface area (Å²) in [6, 6.07) is 6.87. The predicted molar refractivity (Wildman–Crippen MR) is 58.7 cm³/mol. The van der Waals surface area contributed by atoms with Crippen molar-refractivity contribution in [3.05, 3.63) is 35.0 Å². The zero-order valence-corrected chi connectivity index (χ0v) is 8.80. The van der Waals surface area contributed by atoms with Crippen LogP contribution in [0.25, 0.3) is 11.0 Å². The molecule has 1 aromatic carbocycles. The highest BCUT2D eigenvalue weighted by atomic mass is 35.5. The number of halogens is 2. The molecule has 0 radical (unpaired) electrons. The molecule has 2 rings (SSSR count). The lowest BCUT2D eigenvalue weighted by Crippen LogP contribution is -2.02. The number of fused-ring (bicyclic) bond motifs is 1. The molecule has 2 nitrogen and oxygen atoms in total. The average molecular weight is 228 g/mol. The van der Waals surface area contributed by atoms with Gasteiger partial charge in [-0.15, -0.1) is 0 Å². The third-order valence-electron chi connectivity index (χ3n) is 2.23. The van der Waals surface area contributed by atoms with Crippen LogP contribution in [-0.2, 0) is 0 Å². The number of rotatable bonds is 3. The smallest absolute Gasteiger partial charge is 0.159 e. The molecule has 0 spiro atoms. The highest BCUT2D eigenvalue weighted by Gasteiger charge is 2.14. The average Bonchev–Trinajstić information content (AvgIpc) is 2.60. The molecular weight excluding hydrogens is 217 g/mol. The van der Waals surface area contributed by atoms with Crippen LogP contribution in [0.4, 0.5) is 4.39 Å². The zero-order chi connectivity index (χ0) is 10.8. The van der Waals surface area contributed by atoms with Crippen LogP contribution in [0, 0.1) is 0 Å². The van der Waals surface area contributed by atoms with E-state index < -0.39 is 6.17 Å². The molecule has 1 heterocycles. The van der Waals surface area contributed by atoms with Gasteiger partial charge in [0.25, 0.3) is 0 Å². The van der Waals surface area contributed by atoms with Gasteiger partial charge in [0, 0.05) is 10.4 Å². The second-order valence-electron chi connectivity index (χ2n) is 3.38. The molecule has 0 saturated heterocycles. The van der Waals surface area contributed by atoms with Gasteiger partial charge in [-0.1, -0.05) is 11.6 Å². The Morgan fingerprint density at radius 1 is 1.40 bits per heavy atom. The maximum atomic E-state index is 13.5. The molecule has 2 aromatic rings. The fraction of sp³-hybridized carbons (Fsp3) is 0.273. The van der Waals surface area contributed by atoms with Gasteiger partial charge in [-0.2, -0.15) is 0 Å². The van der Waals surface area contributed by atoms with Crippen LogP contribution in [0.3, 0.4) is 0 Å². The molecule has 0 aliphatic heterocycles. The summed E-state index contributed by atoms with van der Waals surface area (Å²) in [6.07, 6.45) is -0.866. The van der Waals surface area contributed by atoms with E-state index in [-0.39, 0.29) is 6.42 Å². The molecule has 80 valence electrons. The molecule has 1 unspecified atom stereocenters. The van der Waals surface area contributed by atoms with Gasteiger partial charge in [0.05, 0.1) is 0 Å². The Hall–Kier alpha value is -1.06. The Balaban J connectivity index is 2.38. The zero-order valence-electron chi connectivity index (χ0n) is 8.04. The van der Waals surface area contributed by atoms with Crippen molar-refractivity contribution in [1.29, 1.82) is 0 Å². The molecule has 15 heavy (non-hydrogen) atoms. The molecule has 0 fully saturated rings. The predicted octanol–water partition coefficient (Wildman–Crippen LogP) is 3.45. The summed E-state index contributed by atoms with van der Waals surface area (Å²) in [6.45, 7) is 0.305. The van der Waals surface area contributed by atoms with Gasteiger partial charge in [0.2, 0.25) is 0 Å². The Morgan fingerprint density at radius 2 is 2.20 bits per heavy atom. The third kappa shape index (κ3) is 2.13. The molecular formula is C11H11ClFNO. The summed E-state index contributed by atoms with van der Waals surface area (Å²) < 4.78 is 18.8. The first-order chi connectivity index (χ1) is 7.20. The molecule has 1 aromatic heterocycles. The maximum Gasteiger partial charge on any atom is 0.159 e. The van der Waals surface area contributed by atoms with Crippen LogP contribution in [0.15, 0.2) is 28.7 Å². The minimum Gasteiger partial charge on any atom is -0.458 e. The largest absolute Gasteiger partial charge is 0.458 e. The number of alkyl halides is 1. The van der Waals surface area contributed by atoms with Gasteiger partial charge in [0.15, 0.2) is 6.17 Å². The van der Waals surface area contributed by atoms with E-state index in [9.17, 15) is 4.39 Å². The van der Waals surface area contributed by atoms with Crippen LogP contribution in [0.5, 0.6) is 0 Å². The van der Waals surface area contributed by atoms with Crippen molar-refractivity contribution in [3.8, 4) is 0 Å². The van der Waals surface area contributed by atoms with Crippen molar-refractivity contribution < 1.29 is 8.81 Å². The van der Waals surface area contributed by atoms with Gasteiger partial charge < -0.3 is 10.2 Å². The van der Waals surface area contributed by atoms with Crippen molar-refractivity contribution in [2.75, 3.05) is 6.54 Å². The molecule has 1 atom stereocenters. The van der Waals surface area contributed by atoms with Crippen LogP contribution >= 0.6 is 11.6 Å². The van der Waals surface area contributed by atoms with Gasteiger partial charge >= 0.3 is 0 Å². The molecule has 0 aliphatic rings. The van der Waals surface area contributed by atoms with E-state index in [4.69, 9.17) is 21.8 Å².